The number of piperidine rings is 1. The molecular formula is C18H25NO3S. The van der Waals surface area contributed by atoms with Crippen molar-refractivity contribution in [1.82, 2.24) is 4.90 Å². The van der Waals surface area contributed by atoms with Crippen LogP contribution in [0.4, 0.5) is 0 Å². The Labute approximate surface area is 141 Å². The third-order valence-corrected chi connectivity index (χ3v) is 6.17. The van der Waals surface area contributed by atoms with E-state index in [4.69, 9.17) is 4.74 Å². The Morgan fingerprint density at radius 2 is 2.04 bits per heavy atom. The van der Waals surface area contributed by atoms with Crippen LogP contribution in [-0.2, 0) is 22.4 Å². The van der Waals surface area contributed by atoms with Crippen LogP contribution in [0.3, 0.4) is 0 Å². The Bertz CT molecular complexity index is 587. The first kappa shape index (κ1) is 16.5. The molecule has 2 heterocycles. The monoisotopic (exact) mass is 335 g/mol. The largest absolute Gasteiger partial charge is 0.466 e. The minimum Gasteiger partial charge on any atom is -0.466 e. The van der Waals surface area contributed by atoms with Gasteiger partial charge in [-0.3, -0.25) is 9.59 Å². The minimum atomic E-state index is -0.111. The van der Waals surface area contributed by atoms with Crippen LogP contribution < -0.4 is 0 Å². The number of hydrogen-bond donors (Lipinski definition) is 0. The molecule has 1 aliphatic carbocycles. The molecule has 1 unspecified atom stereocenters. The molecule has 0 N–H and O–H groups in total. The van der Waals surface area contributed by atoms with Crippen LogP contribution in [0.15, 0.2) is 6.07 Å². The molecular weight excluding hydrogens is 310 g/mol. The molecule has 0 saturated carbocycles. The van der Waals surface area contributed by atoms with Crippen molar-refractivity contribution in [2.75, 3.05) is 19.7 Å². The summed E-state index contributed by atoms with van der Waals surface area (Å²) in [5.41, 5.74) is 1.37. The van der Waals surface area contributed by atoms with Crippen molar-refractivity contribution in [2.45, 2.75) is 46.0 Å². The van der Waals surface area contributed by atoms with Gasteiger partial charge in [0.25, 0.3) is 5.91 Å². The van der Waals surface area contributed by atoms with Crippen LogP contribution in [0.2, 0.25) is 0 Å². The minimum absolute atomic E-state index is 0.0450. The number of aryl methyl sites for hydroxylation is 1. The topological polar surface area (TPSA) is 46.6 Å². The van der Waals surface area contributed by atoms with E-state index in [0.29, 0.717) is 32.5 Å². The summed E-state index contributed by atoms with van der Waals surface area (Å²) in [6.45, 7) is 5.85. The number of likely N-dealkylation sites (tertiary alicyclic amines) is 1. The van der Waals surface area contributed by atoms with E-state index in [1.54, 1.807) is 11.3 Å². The van der Waals surface area contributed by atoms with Crippen molar-refractivity contribution in [3.8, 4) is 0 Å². The van der Waals surface area contributed by atoms with Crippen molar-refractivity contribution >= 4 is 23.2 Å². The van der Waals surface area contributed by atoms with Crippen molar-refractivity contribution in [2.24, 2.45) is 11.8 Å². The summed E-state index contributed by atoms with van der Waals surface area (Å²) in [7, 11) is 0. The van der Waals surface area contributed by atoms with Crippen molar-refractivity contribution in [3.05, 3.63) is 21.4 Å². The van der Waals surface area contributed by atoms with Crippen LogP contribution in [0, 0.1) is 11.8 Å². The highest BCUT2D eigenvalue weighted by Gasteiger charge is 2.30. The molecule has 1 saturated heterocycles. The van der Waals surface area contributed by atoms with E-state index < -0.39 is 0 Å². The van der Waals surface area contributed by atoms with Crippen molar-refractivity contribution in [1.29, 1.82) is 0 Å². The van der Waals surface area contributed by atoms with Crippen LogP contribution in [0.25, 0.3) is 0 Å². The molecule has 23 heavy (non-hydrogen) atoms. The third kappa shape index (κ3) is 3.60. The third-order valence-electron chi connectivity index (χ3n) is 4.94. The van der Waals surface area contributed by atoms with Gasteiger partial charge in [-0.05, 0) is 56.6 Å². The predicted molar refractivity (Wildman–Crippen MR) is 90.8 cm³/mol. The summed E-state index contributed by atoms with van der Waals surface area (Å²) in [4.78, 5) is 28.7. The van der Waals surface area contributed by atoms with Crippen LogP contribution >= 0.6 is 11.3 Å². The van der Waals surface area contributed by atoms with Gasteiger partial charge in [0.1, 0.15) is 0 Å². The molecule has 0 spiro atoms. The number of ether oxygens (including phenoxy) is 1. The average Bonchev–Trinajstić information content (AvgIpc) is 2.97. The Morgan fingerprint density at radius 1 is 1.30 bits per heavy atom. The number of esters is 1. The number of hydrogen-bond acceptors (Lipinski definition) is 4. The summed E-state index contributed by atoms with van der Waals surface area (Å²) in [5, 5.41) is 0. The fourth-order valence-corrected chi connectivity index (χ4v) is 4.72. The first-order valence-electron chi connectivity index (χ1n) is 8.66. The van der Waals surface area contributed by atoms with Gasteiger partial charge in [0, 0.05) is 18.0 Å². The summed E-state index contributed by atoms with van der Waals surface area (Å²) < 4.78 is 5.09. The van der Waals surface area contributed by atoms with Crippen molar-refractivity contribution < 1.29 is 14.3 Å². The Morgan fingerprint density at radius 3 is 2.74 bits per heavy atom. The van der Waals surface area contributed by atoms with Gasteiger partial charge in [0.15, 0.2) is 0 Å². The quantitative estimate of drug-likeness (QED) is 0.796. The average molecular weight is 335 g/mol. The van der Waals surface area contributed by atoms with Gasteiger partial charge in [-0.15, -0.1) is 11.3 Å². The van der Waals surface area contributed by atoms with Gasteiger partial charge in [0.05, 0.1) is 17.4 Å². The standard InChI is InChI=1S/C18H25NO3S/c1-3-22-18(21)13-6-8-19(9-7-13)17(20)16-11-14-10-12(2)4-5-15(14)23-16/h11-13H,3-10H2,1-2H3. The van der Waals surface area contributed by atoms with E-state index >= 15 is 0 Å². The second-order valence-electron chi connectivity index (χ2n) is 6.73. The van der Waals surface area contributed by atoms with Gasteiger partial charge in [-0.1, -0.05) is 6.92 Å². The number of rotatable bonds is 3. The second kappa shape index (κ2) is 7.04. The number of fused-ring (bicyclic) bond motifs is 1. The van der Waals surface area contributed by atoms with Crippen LogP contribution in [0.1, 0.15) is 53.2 Å². The van der Waals surface area contributed by atoms with E-state index in [9.17, 15) is 9.59 Å². The fourth-order valence-electron chi connectivity index (χ4n) is 3.55. The molecule has 1 fully saturated rings. The lowest BCUT2D eigenvalue weighted by atomic mass is 9.90. The highest BCUT2D eigenvalue weighted by atomic mass is 32.1. The molecule has 3 rings (SSSR count). The Hall–Kier alpha value is -1.36. The maximum Gasteiger partial charge on any atom is 0.309 e. The zero-order valence-electron chi connectivity index (χ0n) is 14.0. The zero-order chi connectivity index (χ0) is 16.4. The molecule has 4 nitrogen and oxygen atoms in total. The van der Waals surface area contributed by atoms with Crippen LogP contribution in [-0.4, -0.2) is 36.5 Å². The number of nitrogens with zero attached hydrogens (tertiary/aromatic N) is 1. The van der Waals surface area contributed by atoms with Gasteiger partial charge in [0.2, 0.25) is 0 Å². The predicted octanol–water partition coefficient (Wildman–Crippen LogP) is 3.29. The summed E-state index contributed by atoms with van der Waals surface area (Å²) in [6, 6.07) is 2.11. The SMILES string of the molecule is CCOC(=O)C1CCN(C(=O)c2cc3c(s2)CCC(C)C3)CC1. The van der Waals surface area contributed by atoms with E-state index in [2.05, 4.69) is 13.0 Å². The number of amides is 1. The summed E-state index contributed by atoms with van der Waals surface area (Å²) >= 11 is 1.67. The van der Waals surface area contributed by atoms with Crippen LogP contribution in [0.5, 0.6) is 0 Å². The van der Waals surface area contributed by atoms with Gasteiger partial charge in [-0.2, -0.15) is 0 Å². The maximum absolute atomic E-state index is 12.7. The summed E-state index contributed by atoms with van der Waals surface area (Å²) in [5.74, 6) is 0.705. The lowest BCUT2D eigenvalue weighted by Gasteiger charge is -2.30. The Kier molecular flexibility index (Phi) is 5.05. The van der Waals surface area contributed by atoms with E-state index in [1.165, 1.54) is 16.9 Å². The second-order valence-corrected chi connectivity index (χ2v) is 7.86. The number of carbonyl (C=O) groups is 2. The molecule has 1 atom stereocenters. The Balaban J connectivity index is 1.61. The molecule has 126 valence electrons. The fraction of sp³-hybridized carbons (Fsp3) is 0.667. The molecule has 0 radical (unpaired) electrons. The zero-order valence-corrected chi connectivity index (χ0v) is 14.8. The van der Waals surface area contributed by atoms with Gasteiger partial charge in [-0.25, -0.2) is 0 Å². The maximum atomic E-state index is 12.7. The highest BCUT2D eigenvalue weighted by Crippen LogP contribution is 2.33. The molecule has 0 bridgehead atoms. The molecule has 1 aromatic heterocycles. The smallest absolute Gasteiger partial charge is 0.309 e. The summed E-state index contributed by atoms with van der Waals surface area (Å²) in [6.07, 6.45) is 4.87. The molecule has 1 aliphatic heterocycles. The normalized spacial score (nSPS) is 21.8. The van der Waals surface area contributed by atoms with E-state index in [-0.39, 0.29) is 17.8 Å². The number of carbonyl (C=O) groups excluding carboxylic acids is 2. The lowest BCUT2D eigenvalue weighted by Crippen LogP contribution is -2.40. The number of thiophene rings is 1. The lowest BCUT2D eigenvalue weighted by molar-refractivity contribution is -0.149. The molecule has 1 amide bonds. The van der Waals surface area contributed by atoms with Gasteiger partial charge >= 0.3 is 5.97 Å². The first-order chi connectivity index (χ1) is 11.1. The first-order valence-corrected chi connectivity index (χ1v) is 9.47. The van der Waals surface area contributed by atoms with Crippen molar-refractivity contribution in [3.63, 3.8) is 0 Å². The molecule has 5 heteroatoms. The highest BCUT2D eigenvalue weighted by molar-refractivity contribution is 7.14. The molecule has 1 aromatic rings. The van der Waals surface area contributed by atoms with E-state index in [0.717, 1.165) is 23.6 Å². The molecule has 2 aliphatic rings. The van der Waals surface area contributed by atoms with Gasteiger partial charge < -0.3 is 9.64 Å². The molecule has 0 aromatic carbocycles. The van der Waals surface area contributed by atoms with E-state index in [1.807, 2.05) is 11.8 Å².